The number of thiophene rings is 1. The summed E-state index contributed by atoms with van der Waals surface area (Å²) >= 11 is 7.77. The fraction of sp³-hybridized carbons (Fsp3) is 0.105. The Labute approximate surface area is 170 Å². The second-order valence-electron chi connectivity index (χ2n) is 5.36. The van der Waals surface area contributed by atoms with Crippen LogP contribution >= 0.6 is 35.3 Å². The first-order chi connectivity index (χ1) is 13.0. The quantitative estimate of drug-likeness (QED) is 0.229. The van der Waals surface area contributed by atoms with Crippen LogP contribution in [0.1, 0.15) is 15.2 Å². The van der Waals surface area contributed by atoms with Crippen LogP contribution in [0.4, 0.5) is 0 Å². The highest BCUT2D eigenvalue weighted by Gasteiger charge is 2.31. The van der Waals surface area contributed by atoms with Crippen molar-refractivity contribution in [3.63, 3.8) is 0 Å². The molecule has 1 saturated heterocycles. The molecule has 0 saturated carbocycles. The minimum absolute atomic E-state index is 0.155. The number of nitrogens with zero attached hydrogens (tertiary/aromatic N) is 1. The molecule has 1 fully saturated rings. The van der Waals surface area contributed by atoms with Crippen molar-refractivity contribution in [1.82, 2.24) is 4.90 Å². The fourth-order valence-corrected chi connectivity index (χ4v) is 4.21. The van der Waals surface area contributed by atoms with E-state index in [9.17, 15) is 9.59 Å². The van der Waals surface area contributed by atoms with Gasteiger partial charge in [0, 0.05) is 6.54 Å². The number of esters is 1. The molecule has 3 rings (SSSR count). The van der Waals surface area contributed by atoms with Crippen molar-refractivity contribution >= 4 is 57.6 Å². The van der Waals surface area contributed by atoms with Gasteiger partial charge in [-0.2, -0.15) is 0 Å². The largest absolute Gasteiger partial charge is 0.493 e. The van der Waals surface area contributed by atoms with Crippen LogP contribution in [-0.4, -0.2) is 34.8 Å². The molecule has 0 N–H and O–H groups in total. The third kappa shape index (κ3) is 4.29. The van der Waals surface area contributed by atoms with E-state index in [2.05, 4.69) is 6.58 Å². The Morgan fingerprint density at radius 2 is 2.15 bits per heavy atom. The first kappa shape index (κ1) is 19.3. The van der Waals surface area contributed by atoms with Crippen molar-refractivity contribution in [1.29, 1.82) is 0 Å². The second kappa shape index (κ2) is 8.51. The summed E-state index contributed by atoms with van der Waals surface area (Å²) in [6, 6.07) is 8.57. The van der Waals surface area contributed by atoms with Crippen molar-refractivity contribution in [3.05, 3.63) is 63.7 Å². The highest BCUT2D eigenvalue weighted by atomic mass is 32.2. The van der Waals surface area contributed by atoms with Gasteiger partial charge in [-0.25, -0.2) is 4.79 Å². The molecule has 138 valence electrons. The van der Waals surface area contributed by atoms with Crippen molar-refractivity contribution in [3.8, 4) is 11.5 Å². The highest BCUT2D eigenvalue weighted by molar-refractivity contribution is 8.26. The molecule has 1 aromatic heterocycles. The average Bonchev–Trinajstić information content (AvgIpc) is 3.28. The Morgan fingerprint density at radius 3 is 2.81 bits per heavy atom. The van der Waals surface area contributed by atoms with Crippen LogP contribution in [0.3, 0.4) is 0 Å². The normalized spacial score (nSPS) is 15.3. The molecule has 8 heteroatoms. The van der Waals surface area contributed by atoms with Crippen LogP contribution in [-0.2, 0) is 4.79 Å². The summed E-state index contributed by atoms with van der Waals surface area (Å²) in [6.07, 6.45) is 3.36. The number of amides is 1. The maximum absolute atomic E-state index is 12.4. The van der Waals surface area contributed by atoms with Gasteiger partial charge >= 0.3 is 5.97 Å². The van der Waals surface area contributed by atoms with Gasteiger partial charge in [-0.15, -0.1) is 17.9 Å². The number of carbonyl (C=O) groups is 2. The zero-order valence-electron chi connectivity index (χ0n) is 14.3. The van der Waals surface area contributed by atoms with Crippen molar-refractivity contribution in [2.45, 2.75) is 0 Å². The average molecular weight is 418 g/mol. The second-order valence-corrected chi connectivity index (χ2v) is 7.98. The smallest absolute Gasteiger partial charge is 0.353 e. The maximum Gasteiger partial charge on any atom is 0.353 e. The monoisotopic (exact) mass is 417 g/mol. The fourth-order valence-electron chi connectivity index (χ4n) is 2.34. The van der Waals surface area contributed by atoms with Crippen LogP contribution in [0.25, 0.3) is 6.08 Å². The third-order valence-electron chi connectivity index (χ3n) is 3.60. The van der Waals surface area contributed by atoms with E-state index < -0.39 is 5.97 Å². The van der Waals surface area contributed by atoms with Gasteiger partial charge < -0.3 is 9.47 Å². The number of rotatable bonds is 6. The molecule has 0 aliphatic carbocycles. The van der Waals surface area contributed by atoms with E-state index in [-0.39, 0.29) is 5.91 Å². The molecule has 0 radical (unpaired) electrons. The lowest BCUT2D eigenvalue weighted by molar-refractivity contribution is -0.121. The third-order valence-corrected chi connectivity index (χ3v) is 5.82. The summed E-state index contributed by atoms with van der Waals surface area (Å²) in [6.45, 7) is 4.01. The Hall–Kier alpha value is -2.42. The Kier molecular flexibility index (Phi) is 6.10. The molecule has 0 unspecified atom stereocenters. The molecule has 1 amide bonds. The van der Waals surface area contributed by atoms with Gasteiger partial charge in [0.05, 0.1) is 12.0 Å². The highest BCUT2D eigenvalue weighted by Crippen LogP contribution is 2.35. The summed E-state index contributed by atoms with van der Waals surface area (Å²) < 4.78 is 11.2. The number of methoxy groups -OCH3 is 1. The zero-order chi connectivity index (χ0) is 19.4. The summed E-state index contributed by atoms with van der Waals surface area (Å²) in [5.41, 5.74) is 0.738. The molecule has 1 aliphatic rings. The molecular weight excluding hydrogens is 402 g/mol. The minimum Gasteiger partial charge on any atom is -0.493 e. The van der Waals surface area contributed by atoms with Gasteiger partial charge in [-0.05, 0) is 35.2 Å². The molecule has 0 spiro atoms. The van der Waals surface area contributed by atoms with E-state index in [1.165, 1.54) is 35.1 Å². The molecule has 0 atom stereocenters. The summed E-state index contributed by atoms with van der Waals surface area (Å²) in [7, 11) is 1.49. The predicted octanol–water partition coefficient (Wildman–Crippen LogP) is 4.36. The lowest BCUT2D eigenvalue weighted by atomic mass is 10.2. The predicted molar refractivity (Wildman–Crippen MR) is 112 cm³/mol. The standard InChI is InChI=1S/C19H15NO4S3/c1-3-8-20-17(21)16(27-19(20)25)11-12-6-7-13(14(10-12)23-2)24-18(22)15-5-4-9-26-15/h3-7,9-11H,1,8H2,2H3/b16-11+. The number of thiocarbonyl (C=S) groups is 1. The van der Waals surface area contributed by atoms with Gasteiger partial charge in [0.2, 0.25) is 0 Å². The molecule has 27 heavy (non-hydrogen) atoms. The Balaban J connectivity index is 1.82. The van der Waals surface area contributed by atoms with Gasteiger partial charge in [0.15, 0.2) is 11.5 Å². The molecular formula is C19H15NO4S3. The van der Waals surface area contributed by atoms with E-state index >= 15 is 0 Å². The lowest BCUT2D eigenvalue weighted by Crippen LogP contribution is -2.27. The summed E-state index contributed by atoms with van der Waals surface area (Å²) in [5.74, 6) is 0.112. The van der Waals surface area contributed by atoms with E-state index in [1.54, 1.807) is 47.9 Å². The molecule has 2 aromatic rings. The Morgan fingerprint density at radius 1 is 1.33 bits per heavy atom. The first-order valence-corrected chi connectivity index (χ1v) is 9.94. The van der Waals surface area contributed by atoms with Crippen LogP contribution in [0.2, 0.25) is 0 Å². The number of hydrogen-bond donors (Lipinski definition) is 0. The van der Waals surface area contributed by atoms with Crippen LogP contribution in [0.15, 0.2) is 53.3 Å². The number of ether oxygens (including phenoxy) is 2. The number of hydrogen-bond acceptors (Lipinski definition) is 7. The molecule has 1 aromatic carbocycles. The summed E-state index contributed by atoms with van der Waals surface area (Å²) in [4.78, 5) is 27.1. The number of thioether (sulfide) groups is 1. The zero-order valence-corrected chi connectivity index (χ0v) is 16.8. The van der Waals surface area contributed by atoms with Crippen molar-refractivity contribution in [2.24, 2.45) is 0 Å². The molecule has 1 aliphatic heterocycles. The number of benzene rings is 1. The van der Waals surface area contributed by atoms with Crippen molar-refractivity contribution < 1.29 is 19.1 Å². The molecule has 2 heterocycles. The van der Waals surface area contributed by atoms with Crippen LogP contribution in [0.5, 0.6) is 11.5 Å². The molecule has 5 nitrogen and oxygen atoms in total. The maximum atomic E-state index is 12.4. The van der Waals surface area contributed by atoms with E-state index in [0.717, 1.165) is 5.56 Å². The topological polar surface area (TPSA) is 55.8 Å². The first-order valence-electron chi connectivity index (χ1n) is 7.83. The Bertz CT molecular complexity index is 934. The van der Waals surface area contributed by atoms with Gasteiger partial charge in [0.1, 0.15) is 9.20 Å². The number of carbonyl (C=O) groups excluding carboxylic acids is 2. The van der Waals surface area contributed by atoms with Crippen LogP contribution in [0, 0.1) is 0 Å². The van der Waals surface area contributed by atoms with E-state index in [0.29, 0.717) is 32.1 Å². The van der Waals surface area contributed by atoms with Gasteiger partial charge in [-0.1, -0.05) is 42.2 Å². The molecule has 0 bridgehead atoms. The lowest BCUT2D eigenvalue weighted by Gasteiger charge is -2.10. The van der Waals surface area contributed by atoms with Crippen molar-refractivity contribution in [2.75, 3.05) is 13.7 Å². The summed E-state index contributed by atoms with van der Waals surface area (Å²) in [5, 5.41) is 1.81. The van der Waals surface area contributed by atoms with E-state index in [1.807, 2.05) is 0 Å². The van der Waals surface area contributed by atoms with Gasteiger partial charge in [0.25, 0.3) is 5.91 Å². The minimum atomic E-state index is -0.443. The van der Waals surface area contributed by atoms with E-state index in [4.69, 9.17) is 21.7 Å². The van der Waals surface area contributed by atoms with Crippen LogP contribution < -0.4 is 9.47 Å². The SMILES string of the molecule is C=CCN1C(=O)/C(=C\c2ccc(OC(=O)c3cccs3)c(OC)c2)SC1=S. The van der Waals surface area contributed by atoms with Gasteiger partial charge in [-0.3, -0.25) is 9.69 Å².